The number of allylic oxidation sites excluding steroid dienone is 1. The normalized spacial score (nSPS) is 20.7. The molecule has 98 valence electrons. The number of ether oxygens (including phenoxy) is 1. The van der Waals surface area contributed by atoms with Crippen molar-refractivity contribution in [2.45, 2.75) is 45.3 Å². The van der Waals surface area contributed by atoms with E-state index in [9.17, 15) is 0 Å². The first kappa shape index (κ1) is 13.2. The summed E-state index contributed by atoms with van der Waals surface area (Å²) >= 11 is 0. The third-order valence-corrected chi connectivity index (χ3v) is 3.38. The fourth-order valence-electron chi connectivity index (χ4n) is 2.40. The molecule has 0 spiro atoms. The molecule has 1 aromatic rings. The number of benzene rings is 1. The summed E-state index contributed by atoms with van der Waals surface area (Å²) in [5.74, 6) is 1.02. The van der Waals surface area contributed by atoms with Crippen LogP contribution in [0.4, 0.5) is 0 Å². The summed E-state index contributed by atoms with van der Waals surface area (Å²) in [4.78, 5) is 0. The zero-order valence-electron chi connectivity index (χ0n) is 11.4. The Morgan fingerprint density at radius 3 is 2.94 bits per heavy atom. The van der Waals surface area contributed by atoms with Crippen molar-refractivity contribution in [2.24, 2.45) is 0 Å². The Morgan fingerprint density at radius 2 is 2.22 bits per heavy atom. The maximum absolute atomic E-state index is 6.13. The zero-order chi connectivity index (χ0) is 12.8. The second kappa shape index (κ2) is 6.60. The Kier molecular flexibility index (Phi) is 4.82. The Labute approximate surface area is 110 Å². The lowest BCUT2D eigenvalue weighted by Gasteiger charge is -2.22. The predicted molar refractivity (Wildman–Crippen MR) is 75.9 cm³/mol. The van der Waals surface area contributed by atoms with Gasteiger partial charge in [0.1, 0.15) is 11.9 Å². The molecule has 2 nitrogen and oxygen atoms in total. The highest BCUT2D eigenvalue weighted by atomic mass is 16.5. The second-order valence-corrected chi connectivity index (χ2v) is 4.83. The average Bonchev–Trinajstić information content (AvgIpc) is 2.41. The molecule has 0 amide bonds. The van der Waals surface area contributed by atoms with E-state index in [1.54, 1.807) is 0 Å². The van der Waals surface area contributed by atoms with Gasteiger partial charge in [0.2, 0.25) is 0 Å². The van der Waals surface area contributed by atoms with E-state index in [0.717, 1.165) is 18.7 Å². The molecule has 0 heterocycles. The van der Waals surface area contributed by atoms with Crippen LogP contribution in [0.2, 0.25) is 0 Å². The molecule has 0 radical (unpaired) electrons. The summed E-state index contributed by atoms with van der Waals surface area (Å²) in [7, 11) is 0. The highest BCUT2D eigenvalue weighted by Crippen LogP contribution is 2.27. The summed E-state index contributed by atoms with van der Waals surface area (Å²) in [6.07, 6.45) is 8.21. The molecular weight excluding hydrogens is 222 g/mol. The van der Waals surface area contributed by atoms with Crippen molar-refractivity contribution in [1.82, 2.24) is 5.32 Å². The highest BCUT2D eigenvalue weighted by Gasteiger charge is 2.14. The monoisotopic (exact) mass is 245 g/mol. The molecule has 0 saturated heterocycles. The van der Waals surface area contributed by atoms with Crippen LogP contribution in [0.1, 0.15) is 44.7 Å². The van der Waals surface area contributed by atoms with Crippen molar-refractivity contribution in [1.29, 1.82) is 0 Å². The molecule has 2 atom stereocenters. The van der Waals surface area contributed by atoms with E-state index in [1.807, 2.05) is 6.07 Å². The summed E-state index contributed by atoms with van der Waals surface area (Å²) in [6.45, 7) is 5.28. The van der Waals surface area contributed by atoms with Crippen LogP contribution in [-0.2, 0) is 0 Å². The van der Waals surface area contributed by atoms with E-state index in [1.165, 1.54) is 18.4 Å². The number of rotatable bonds is 5. The number of nitrogens with one attached hydrogen (secondary N) is 1. The molecule has 0 saturated carbocycles. The van der Waals surface area contributed by atoms with Gasteiger partial charge >= 0.3 is 0 Å². The first-order valence-corrected chi connectivity index (χ1v) is 6.97. The van der Waals surface area contributed by atoms with Crippen LogP contribution in [0.15, 0.2) is 36.4 Å². The maximum atomic E-state index is 6.13. The molecule has 0 fully saturated rings. The van der Waals surface area contributed by atoms with Gasteiger partial charge < -0.3 is 10.1 Å². The first-order valence-electron chi connectivity index (χ1n) is 6.97. The topological polar surface area (TPSA) is 21.3 Å². The third-order valence-electron chi connectivity index (χ3n) is 3.38. The lowest BCUT2D eigenvalue weighted by molar-refractivity contribution is 0.226. The Hall–Kier alpha value is -1.28. The van der Waals surface area contributed by atoms with Gasteiger partial charge in [0.25, 0.3) is 0 Å². The minimum atomic E-state index is 0.244. The molecule has 1 aliphatic rings. The molecule has 2 heteroatoms. The molecule has 2 rings (SSSR count). The van der Waals surface area contributed by atoms with E-state index in [-0.39, 0.29) is 6.10 Å². The predicted octanol–water partition coefficient (Wildman–Crippen LogP) is 3.84. The fraction of sp³-hybridized carbons (Fsp3) is 0.500. The van der Waals surface area contributed by atoms with Gasteiger partial charge in [0.15, 0.2) is 0 Å². The van der Waals surface area contributed by atoms with Crippen molar-refractivity contribution >= 4 is 0 Å². The quantitative estimate of drug-likeness (QED) is 0.796. The van der Waals surface area contributed by atoms with E-state index in [0.29, 0.717) is 6.04 Å². The SMILES string of the molecule is CCNC(C)c1ccccc1OC1C=CCCC1. The van der Waals surface area contributed by atoms with Crippen LogP contribution < -0.4 is 10.1 Å². The zero-order valence-corrected chi connectivity index (χ0v) is 11.4. The van der Waals surface area contributed by atoms with Crippen LogP contribution >= 0.6 is 0 Å². The smallest absolute Gasteiger partial charge is 0.124 e. The van der Waals surface area contributed by atoms with Gasteiger partial charge in [-0.3, -0.25) is 0 Å². The van der Waals surface area contributed by atoms with Gasteiger partial charge in [0.05, 0.1) is 0 Å². The molecule has 0 aromatic heterocycles. The van der Waals surface area contributed by atoms with Crippen molar-refractivity contribution in [3.05, 3.63) is 42.0 Å². The van der Waals surface area contributed by atoms with Gasteiger partial charge in [-0.15, -0.1) is 0 Å². The number of hydrogen-bond acceptors (Lipinski definition) is 2. The van der Waals surface area contributed by atoms with E-state index in [4.69, 9.17) is 4.74 Å². The Bertz CT molecular complexity index is 400. The van der Waals surface area contributed by atoms with Crippen molar-refractivity contribution in [3.63, 3.8) is 0 Å². The maximum Gasteiger partial charge on any atom is 0.124 e. The number of hydrogen-bond donors (Lipinski definition) is 1. The van der Waals surface area contributed by atoms with Crippen LogP contribution in [0.3, 0.4) is 0 Å². The van der Waals surface area contributed by atoms with Gasteiger partial charge in [-0.05, 0) is 44.9 Å². The van der Waals surface area contributed by atoms with Gasteiger partial charge in [-0.1, -0.05) is 31.2 Å². The van der Waals surface area contributed by atoms with Gasteiger partial charge in [0, 0.05) is 11.6 Å². The molecule has 2 unspecified atom stereocenters. The number of para-hydroxylation sites is 1. The minimum absolute atomic E-state index is 0.244. The molecule has 0 bridgehead atoms. The average molecular weight is 245 g/mol. The second-order valence-electron chi connectivity index (χ2n) is 4.83. The Balaban J connectivity index is 2.11. The van der Waals surface area contributed by atoms with Crippen molar-refractivity contribution in [3.8, 4) is 5.75 Å². The first-order chi connectivity index (χ1) is 8.81. The molecule has 0 aliphatic heterocycles. The molecular formula is C16H23NO. The molecule has 1 aromatic carbocycles. The van der Waals surface area contributed by atoms with E-state index >= 15 is 0 Å². The van der Waals surface area contributed by atoms with Crippen LogP contribution in [-0.4, -0.2) is 12.6 Å². The summed E-state index contributed by atoms with van der Waals surface area (Å²) in [5.41, 5.74) is 1.25. The summed E-state index contributed by atoms with van der Waals surface area (Å²) < 4.78 is 6.13. The highest BCUT2D eigenvalue weighted by molar-refractivity contribution is 5.36. The van der Waals surface area contributed by atoms with Crippen LogP contribution in [0.25, 0.3) is 0 Å². The van der Waals surface area contributed by atoms with Crippen LogP contribution in [0, 0.1) is 0 Å². The Morgan fingerprint density at radius 1 is 1.39 bits per heavy atom. The van der Waals surface area contributed by atoms with Gasteiger partial charge in [-0.25, -0.2) is 0 Å². The third kappa shape index (κ3) is 3.36. The van der Waals surface area contributed by atoms with E-state index in [2.05, 4.69) is 49.5 Å². The molecule has 18 heavy (non-hydrogen) atoms. The van der Waals surface area contributed by atoms with Crippen molar-refractivity contribution in [2.75, 3.05) is 6.54 Å². The van der Waals surface area contributed by atoms with Gasteiger partial charge in [-0.2, -0.15) is 0 Å². The molecule has 1 N–H and O–H groups in total. The van der Waals surface area contributed by atoms with Crippen LogP contribution in [0.5, 0.6) is 5.75 Å². The molecule has 1 aliphatic carbocycles. The van der Waals surface area contributed by atoms with Crippen molar-refractivity contribution < 1.29 is 4.74 Å². The lowest BCUT2D eigenvalue weighted by Crippen LogP contribution is -2.21. The largest absolute Gasteiger partial charge is 0.486 e. The van der Waals surface area contributed by atoms with E-state index < -0.39 is 0 Å². The lowest BCUT2D eigenvalue weighted by atomic mass is 10.0. The summed E-state index contributed by atoms with van der Waals surface area (Å²) in [5, 5.41) is 3.44. The standard InChI is InChI=1S/C16H23NO/c1-3-17-13(2)15-11-7-8-12-16(15)18-14-9-5-4-6-10-14/h5,7-9,11-14,17H,3-4,6,10H2,1-2H3. The minimum Gasteiger partial charge on any atom is -0.486 e. The summed E-state index contributed by atoms with van der Waals surface area (Å²) in [6, 6.07) is 8.68. The fourth-order valence-corrected chi connectivity index (χ4v) is 2.40.